The van der Waals surface area contributed by atoms with Gasteiger partial charge in [-0.15, -0.1) is 0 Å². The van der Waals surface area contributed by atoms with Gasteiger partial charge in [0.05, 0.1) is 0 Å². The monoisotopic (exact) mass is 255 g/mol. The molecule has 0 aromatic rings. The molecule has 0 aromatic heterocycles. The lowest BCUT2D eigenvalue weighted by Crippen LogP contribution is -2.45. The zero-order valence-corrected chi connectivity index (χ0v) is 8.23. The van der Waals surface area contributed by atoms with Crippen LogP contribution in [0.4, 0.5) is 0 Å². The summed E-state index contributed by atoms with van der Waals surface area (Å²) >= 11 is 2.19. The second kappa shape index (κ2) is 5.29. The van der Waals surface area contributed by atoms with E-state index < -0.39 is 0 Å². The molecule has 1 rings (SSSR count). The Bertz CT molecular complexity index is 83.1. The van der Waals surface area contributed by atoms with E-state index in [-0.39, 0.29) is 0 Å². The fourth-order valence-electron chi connectivity index (χ4n) is 1.14. The van der Waals surface area contributed by atoms with Crippen molar-refractivity contribution in [3.63, 3.8) is 0 Å². The van der Waals surface area contributed by atoms with Crippen molar-refractivity contribution in [2.75, 3.05) is 39.3 Å². The van der Waals surface area contributed by atoms with Gasteiger partial charge < -0.3 is 5.32 Å². The summed E-state index contributed by atoms with van der Waals surface area (Å²) in [6.07, 6.45) is 0. The Hall–Kier alpha value is 0.610. The Morgan fingerprint density at radius 1 is 1.40 bits per heavy atom. The summed E-state index contributed by atoms with van der Waals surface area (Å²) in [5.41, 5.74) is 0. The van der Waals surface area contributed by atoms with Gasteiger partial charge in [0.2, 0.25) is 0 Å². The van der Waals surface area contributed by atoms with Crippen LogP contribution in [-0.2, 0) is 0 Å². The highest BCUT2D eigenvalue weighted by Gasteiger charge is 2.07. The van der Waals surface area contributed by atoms with Gasteiger partial charge in [-0.3, -0.25) is 8.43 Å². The standard InChI is InChI=1S/C6H14IN3/c7-9-3-6-10-4-1-8-2-5-10/h8-9H,1-6H2. The summed E-state index contributed by atoms with van der Waals surface area (Å²) in [6.45, 7) is 7.00. The first-order valence-electron chi connectivity index (χ1n) is 3.70. The number of nitrogens with zero attached hydrogens (tertiary/aromatic N) is 1. The van der Waals surface area contributed by atoms with E-state index in [1.54, 1.807) is 0 Å². The van der Waals surface area contributed by atoms with Gasteiger partial charge in [-0.05, 0) is 0 Å². The molecule has 1 aliphatic rings. The summed E-state index contributed by atoms with van der Waals surface area (Å²) in [5.74, 6) is 0. The van der Waals surface area contributed by atoms with Crippen LogP contribution >= 0.6 is 22.9 Å². The molecule has 0 aliphatic carbocycles. The predicted molar refractivity (Wildman–Crippen MR) is 51.3 cm³/mol. The Kier molecular flexibility index (Phi) is 4.60. The van der Waals surface area contributed by atoms with Gasteiger partial charge in [-0.25, -0.2) is 0 Å². The molecule has 60 valence electrons. The summed E-state index contributed by atoms with van der Waals surface area (Å²) in [6, 6.07) is 0. The number of nitrogens with one attached hydrogen (secondary N) is 2. The van der Waals surface area contributed by atoms with E-state index in [1.165, 1.54) is 19.6 Å². The quantitative estimate of drug-likeness (QED) is 0.541. The molecule has 1 fully saturated rings. The number of piperazine rings is 1. The lowest BCUT2D eigenvalue weighted by atomic mass is 10.3. The molecular formula is C6H14IN3. The third-order valence-corrected chi connectivity index (χ3v) is 2.27. The Morgan fingerprint density at radius 2 is 2.10 bits per heavy atom. The summed E-state index contributed by atoms with van der Waals surface area (Å²) in [5, 5.41) is 3.33. The van der Waals surface area contributed by atoms with Crippen molar-refractivity contribution in [1.29, 1.82) is 0 Å². The van der Waals surface area contributed by atoms with Crippen LogP contribution in [0.25, 0.3) is 0 Å². The van der Waals surface area contributed by atoms with Gasteiger partial charge in [-0.2, -0.15) is 0 Å². The van der Waals surface area contributed by atoms with Crippen LogP contribution in [0.2, 0.25) is 0 Å². The van der Waals surface area contributed by atoms with Gasteiger partial charge in [0.15, 0.2) is 0 Å². The lowest BCUT2D eigenvalue weighted by Gasteiger charge is -2.26. The van der Waals surface area contributed by atoms with Crippen LogP contribution in [0.5, 0.6) is 0 Å². The highest BCUT2D eigenvalue weighted by atomic mass is 127. The lowest BCUT2D eigenvalue weighted by molar-refractivity contribution is 0.246. The fraction of sp³-hybridized carbons (Fsp3) is 1.00. The number of hydrogen-bond donors (Lipinski definition) is 2. The van der Waals surface area contributed by atoms with Crippen molar-refractivity contribution < 1.29 is 0 Å². The van der Waals surface area contributed by atoms with Gasteiger partial charge in [0.1, 0.15) is 0 Å². The molecule has 0 bridgehead atoms. The molecule has 4 heteroatoms. The molecule has 0 aromatic carbocycles. The minimum absolute atomic E-state index is 1.10. The molecule has 0 saturated carbocycles. The molecule has 3 nitrogen and oxygen atoms in total. The smallest absolute Gasteiger partial charge is 0.0178 e. The van der Waals surface area contributed by atoms with Crippen molar-refractivity contribution in [2.45, 2.75) is 0 Å². The molecule has 0 radical (unpaired) electrons. The first kappa shape index (κ1) is 8.70. The van der Waals surface area contributed by atoms with Crippen molar-refractivity contribution in [1.82, 2.24) is 13.7 Å². The Balaban J connectivity index is 2.02. The average Bonchev–Trinajstić information content (AvgIpc) is 2.03. The third kappa shape index (κ3) is 3.14. The molecule has 0 spiro atoms. The summed E-state index contributed by atoms with van der Waals surface area (Å²) < 4.78 is 3.12. The van der Waals surface area contributed by atoms with Crippen molar-refractivity contribution in [2.24, 2.45) is 0 Å². The third-order valence-electron chi connectivity index (χ3n) is 1.73. The Morgan fingerprint density at radius 3 is 2.70 bits per heavy atom. The highest BCUT2D eigenvalue weighted by Crippen LogP contribution is 1.89. The minimum atomic E-state index is 1.10. The SMILES string of the molecule is INCCN1CCNCC1. The molecule has 0 unspecified atom stereocenters. The average molecular weight is 255 g/mol. The molecule has 10 heavy (non-hydrogen) atoms. The van der Waals surface area contributed by atoms with Gasteiger partial charge in [0.25, 0.3) is 0 Å². The van der Waals surface area contributed by atoms with E-state index in [0.717, 1.165) is 19.6 Å². The summed E-state index contributed by atoms with van der Waals surface area (Å²) in [4.78, 5) is 2.47. The van der Waals surface area contributed by atoms with Crippen molar-refractivity contribution in [3.05, 3.63) is 0 Å². The highest BCUT2D eigenvalue weighted by molar-refractivity contribution is 14.1. The topological polar surface area (TPSA) is 27.3 Å². The predicted octanol–water partition coefficient (Wildman–Crippen LogP) is -0.169. The molecule has 1 heterocycles. The molecule has 0 amide bonds. The zero-order chi connectivity index (χ0) is 7.23. The largest absolute Gasteiger partial charge is 0.314 e. The van der Waals surface area contributed by atoms with E-state index in [4.69, 9.17) is 0 Å². The number of rotatable bonds is 3. The van der Waals surface area contributed by atoms with Gasteiger partial charge in [-0.1, -0.05) is 0 Å². The summed E-state index contributed by atoms with van der Waals surface area (Å²) in [7, 11) is 0. The zero-order valence-electron chi connectivity index (χ0n) is 6.07. The van der Waals surface area contributed by atoms with Crippen LogP contribution < -0.4 is 8.85 Å². The van der Waals surface area contributed by atoms with Crippen LogP contribution in [-0.4, -0.2) is 44.2 Å². The molecule has 1 saturated heterocycles. The second-order valence-electron chi connectivity index (χ2n) is 2.48. The first-order chi connectivity index (χ1) is 4.93. The first-order valence-corrected chi connectivity index (χ1v) is 4.78. The van der Waals surface area contributed by atoms with Crippen molar-refractivity contribution >= 4 is 22.9 Å². The van der Waals surface area contributed by atoms with Crippen LogP contribution in [0.1, 0.15) is 0 Å². The molecular weight excluding hydrogens is 241 g/mol. The van der Waals surface area contributed by atoms with Crippen LogP contribution in [0, 0.1) is 0 Å². The van der Waals surface area contributed by atoms with Crippen LogP contribution in [0.3, 0.4) is 0 Å². The molecule has 0 atom stereocenters. The van der Waals surface area contributed by atoms with E-state index in [0.29, 0.717) is 0 Å². The van der Waals surface area contributed by atoms with E-state index in [9.17, 15) is 0 Å². The molecule has 2 N–H and O–H groups in total. The van der Waals surface area contributed by atoms with Crippen LogP contribution in [0.15, 0.2) is 0 Å². The van der Waals surface area contributed by atoms with Crippen molar-refractivity contribution in [3.8, 4) is 0 Å². The van der Waals surface area contributed by atoms with E-state index in [1.807, 2.05) is 0 Å². The second-order valence-corrected chi connectivity index (χ2v) is 3.24. The van der Waals surface area contributed by atoms with E-state index >= 15 is 0 Å². The number of halogens is 1. The fourth-order valence-corrected chi connectivity index (χ4v) is 1.38. The number of hydrogen-bond acceptors (Lipinski definition) is 3. The Labute approximate surface area is 76.0 Å². The normalized spacial score (nSPS) is 21.3. The van der Waals surface area contributed by atoms with Gasteiger partial charge >= 0.3 is 0 Å². The maximum atomic E-state index is 3.33. The van der Waals surface area contributed by atoms with E-state index in [2.05, 4.69) is 36.6 Å². The maximum absolute atomic E-state index is 3.33. The minimum Gasteiger partial charge on any atom is -0.314 e. The maximum Gasteiger partial charge on any atom is 0.0178 e. The molecule has 1 aliphatic heterocycles. The van der Waals surface area contributed by atoms with Gasteiger partial charge in [0, 0.05) is 62.1 Å².